The molecule has 0 amide bonds. The molecule has 0 aliphatic rings. The van der Waals surface area contributed by atoms with Crippen LogP contribution >= 0.6 is 0 Å². The second-order valence-corrected chi connectivity index (χ2v) is 5.31. The Morgan fingerprint density at radius 3 is 2.86 bits per heavy atom. The molecule has 0 spiro atoms. The summed E-state index contributed by atoms with van der Waals surface area (Å²) in [7, 11) is 0. The van der Waals surface area contributed by atoms with Crippen LogP contribution in [-0.4, -0.2) is 14.7 Å². The van der Waals surface area contributed by atoms with Crippen LogP contribution in [0.1, 0.15) is 18.9 Å². The predicted molar refractivity (Wildman–Crippen MR) is 86.1 cm³/mol. The summed E-state index contributed by atoms with van der Waals surface area (Å²) >= 11 is 0. The fourth-order valence-corrected chi connectivity index (χ4v) is 2.73. The lowest BCUT2D eigenvalue weighted by Crippen LogP contribution is -2.04. The number of aryl methyl sites for hydroxylation is 2. The Morgan fingerprint density at radius 2 is 2.14 bits per heavy atom. The first kappa shape index (κ1) is 14.4. The molecule has 0 saturated heterocycles. The predicted octanol–water partition coefficient (Wildman–Crippen LogP) is 4.34. The Balaban J connectivity index is 2.17. The molecule has 0 atom stereocenters. The first-order valence-corrected chi connectivity index (χ1v) is 7.30. The Hall–Kier alpha value is -2.56. The van der Waals surface area contributed by atoms with E-state index >= 15 is 0 Å². The van der Waals surface area contributed by atoms with Crippen molar-refractivity contribution in [2.45, 2.75) is 26.8 Å². The molecule has 1 aromatic carbocycles. The highest BCUT2D eigenvalue weighted by Gasteiger charge is 2.15. The molecule has 22 heavy (non-hydrogen) atoms. The molecule has 2 heterocycles. The van der Waals surface area contributed by atoms with Gasteiger partial charge in [-0.1, -0.05) is 6.92 Å². The maximum atomic E-state index is 13.9. The molecule has 0 saturated carbocycles. The van der Waals surface area contributed by atoms with Crippen LogP contribution in [0.25, 0.3) is 10.9 Å². The first-order valence-electron chi connectivity index (χ1n) is 7.30. The van der Waals surface area contributed by atoms with Gasteiger partial charge in [-0.15, -0.1) is 0 Å². The number of halogens is 1. The molecule has 5 heteroatoms. The molecule has 2 N–H and O–H groups in total. The molecule has 0 aliphatic carbocycles. The van der Waals surface area contributed by atoms with Gasteiger partial charge in [0.05, 0.1) is 17.4 Å². The molecular formula is C17H18FN3O. The molecule has 0 aliphatic heterocycles. The van der Waals surface area contributed by atoms with Gasteiger partial charge in [0.2, 0.25) is 0 Å². The van der Waals surface area contributed by atoms with E-state index in [1.54, 1.807) is 24.4 Å². The van der Waals surface area contributed by atoms with Crippen molar-refractivity contribution in [3.63, 3.8) is 0 Å². The number of rotatable bonds is 4. The number of phenolic OH excluding ortho intramolecular Hbond substituents is 1. The van der Waals surface area contributed by atoms with Crippen molar-refractivity contribution < 1.29 is 9.50 Å². The average molecular weight is 299 g/mol. The number of aromatic hydroxyl groups is 1. The molecule has 0 radical (unpaired) electrons. The van der Waals surface area contributed by atoms with Crippen LogP contribution in [0, 0.1) is 12.7 Å². The van der Waals surface area contributed by atoms with Gasteiger partial charge in [-0.3, -0.25) is 4.98 Å². The van der Waals surface area contributed by atoms with E-state index in [2.05, 4.69) is 21.8 Å². The summed E-state index contributed by atoms with van der Waals surface area (Å²) in [6, 6.07) is 6.91. The van der Waals surface area contributed by atoms with Crippen LogP contribution in [0.5, 0.6) is 5.75 Å². The van der Waals surface area contributed by atoms with E-state index in [9.17, 15) is 9.50 Å². The van der Waals surface area contributed by atoms with Gasteiger partial charge in [0, 0.05) is 18.1 Å². The molecule has 3 rings (SSSR count). The third kappa shape index (κ3) is 2.39. The summed E-state index contributed by atoms with van der Waals surface area (Å²) in [5, 5.41) is 13.9. The Morgan fingerprint density at radius 1 is 1.32 bits per heavy atom. The lowest BCUT2D eigenvalue weighted by molar-refractivity contribution is 0.476. The molecule has 0 bridgehead atoms. The van der Waals surface area contributed by atoms with Crippen molar-refractivity contribution in [1.29, 1.82) is 0 Å². The number of fused-ring (bicyclic) bond motifs is 1. The van der Waals surface area contributed by atoms with Crippen molar-refractivity contribution in [2.24, 2.45) is 0 Å². The number of nitrogens with one attached hydrogen (secondary N) is 1. The minimum atomic E-state index is -0.391. The number of phenols is 1. The fourth-order valence-electron chi connectivity index (χ4n) is 2.73. The molecule has 0 unspecified atom stereocenters. The minimum Gasteiger partial charge on any atom is -0.508 e. The number of hydrogen-bond acceptors (Lipinski definition) is 3. The van der Waals surface area contributed by atoms with Gasteiger partial charge in [-0.2, -0.15) is 0 Å². The average Bonchev–Trinajstić information content (AvgIpc) is 2.75. The zero-order valence-corrected chi connectivity index (χ0v) is 12.6. The van der Waals surface area contributed by atoms with Crippen molar-refractivity contribution in [3.05, 3.63) is 48.0 Å². The number of anilines is 2. The van der Waals surface area contributed by atoms with Crippen LogP contribution in [0.4, 0.5) is 15.9 Å². The van der Waals surface area contributed by atoms with Crippen LogP contribution in [-0.2, 0) is 6.54 Å². The van der Waals surface area contributed by atoms with E-state index in [4.69, 9.17) is 0 Å². The van der Waals surface area contributed by atoms with Gasteiger partial charge < -0.3 is 15.0 Å². The third-order valence-corrected chi connectivity index (χ3v) is 3.77. The Labute approximate surface area is 128 Å². The third-order valence-electron chi connectivity index (χ3n) is 3.77. The van der Waals surface area contributed by atoms with Gasteiger partial charge in [0.1, 0.15) is 11.6 Å². The molecule has 3 aromatic rings. The Bertz CT molecular complexity index is 826. The molecule has 0 fully saturated rings. The van der Waals surface area contributed by atoms with Gasteiger partial charge >= 0.3 is 0 Å². The number of hydrogen-bond donors (Lipinski definition) is 2. The summed E-state index contributed by atoms with van der Waals surface area (Å²) in [5.41, 5.74) is 2.40. The highest BCUT2D eigenvalue weighted by molar-refractivity contribution is 5.91. The van der Waals surface area contributed by atoms with Gasteiger partial charge in [0.25, 0.3) is 0 Å². The molecular weight excluding hydrogens is 281 g/mol. The normalized spacial score (nSPS) is 11.0. The van der Waals surface area contributed by atoms with Gasteiger partial charge in [-0.05, 0) is 43.2 Å². The van der Waals surface area contributed by atoms with Crippen LogP contribution in [0.3, 0.4) is 0 Å². The smallest absolute Gasteiger partial charge is 0.164 e. The summed E-state index contributed by atoms with van der Waals surface area (Å²) < 4.78 is 16.0. The van der Waals surface area contributed by atoms with Crippen molar-refractivity contribution in [2.75, 3.05) is 5.32 Å². The van der Waals surface area contributed by atoms with Crippen molar-refractivity contribution >= 4 is 22.4 Å². The first-order chi connectivity index (χ1) is 10.6. The van der Waals surface area contributed by atoms with E-state index in [0.717, 1.165) is 35.2 Å². The van der Waals surface area contributed by atoms with E-state index < -0.39 is 5.82 Å². The lowest BCUT2D eigenvalue weighted by atomic mass is 10.2. The fraction of sp³-hybridized carbons (Fsp3) is 0.235. The summed E-state index contributed by atoms with van der Waals surface area (Å²) in [4.78, 5) is 3.77. The highest BCUT2D eigenvalue weighted by atomic mass is 19.1. The summed E-state index contributed by atoms with van der Waals surface area (Å²) in [6.45, 7) is 4.87. The van der Waals surface area contributed by atoms with E-state index in [0.29, 0.717) is 5.69 Å². The number of pyridine rings is 1. The van der Waals surface area contributed by atoms with Crippen molar-refractivity contribution in [1.82, 2.24) is 9.55 Å². The number of aromatic nitrogens is 2. The highest BCUT2D eigenvalue weighted by Crippen LogP contribution is 2.34. The van der Waals surface area contributed by atoms with E-state index in [1.165, 1.54) is 6.20 Å². The monoisotopic (exact) mass is 299 g/mol. The van der Waals surface area contributed by atoms with Crippen LogP contribution in [0.15, 0.2) is 36.7 Å². The van der Waals surface area contributed by atoms with Crippen molar-refractivity contribution in [3.8, 4) is 5.75 Å². The Kier molecular flexibility index (Phi) is 3.71. The largest absolute Gasteiger partial charge is 0.508 e. The standard InChI is InChI=1S/C17H18FN3O/c1-3-8-21-16-5-4-12(22)9-13(16)11(2)17(21)20-15-6-7-19-10-14(15)18/h4-7,9-10,22H,3,8H2,1-2H3,(H,19,20). The SMILES string of the molecule is CCCn1c(Nc2ccncc2F)c(C)c2cc(O)ccc21. The zero-order valence-electron chi connectivity index (χ0n) is 12.6. The van der Waals surface area contributed by atoms with Crippen LogP contribution in [0.2, 0.25) is 0 Å². The zero-order chi connectivity index (χ0) is 15.7. The maximum absolute atomic E-state index is 13.9. The molecule has 2 aromatic heterocycles. The van der Waals surface area contributed by atoms with Gasteiger partial charge in [0.15, 0.2) is 5.82 Å². The topological polar surface area (TPSA) is 50.1 Å². The number of nitrogens with zero attached hydrogens (tertiary/aromatic N) is 2. The second-order valence-electron chi connectivity index (χ2n) is 5.31. The summed E-state index contributed by atoms with van der Waals surface area (Å²) in [6.07, 6.45) is 3.70. The second kappa shape index (κ2) is 5.67. The summed E-state index contributed by atoms with van der Waals surface area (Å²) in [5.74, 6) is 0.677. The molecule has 114 valence electrons. The lowest BCUT2D eigenvalue weighted by Gasteiger charge is -2.13. The number of benzene rings is 1. The molecule has 4 nitrogen and oxygen atoms in total. The van der Waals surface area contributed by atoms with E-state index in [-0.39, 0.29) is 5.75 Å². The maximum Gasteiger partial charge on any atom is 0.164 e. The van der Waals surface area contributed by atoms with Gasteiger partial charge in [-0.25, -0.2) is 4.39 Å². The minimum absolute atomic E-state index is 0.228. The van der Waals surface area contributed by atoms with E-state index in [1.807, 2.05) is 13.0 Å². The van der Waals surface area contributed by atoms with Crippen LogP contribution < -0.4 is 5.32 Å². The quantitative estimate of drug-likeness (QED) is 0.753.